The third-order valence-corrected chi connectivity index (χ3v) is 2.77. The Balaban J connectivity index is 2.80. The molecule has 3 heteroatoms. The summed E-state index contributed by atoms with van der Waals surface area (Å²) in [4.78, 5) is 0. The van der Waals surface area contributed by atoms with Gasteiger partial charge in [0.15, 0.2) is 0 Å². The number of hydrogen-bond acceptors (Lipinski definition) is 1. The van der Waals surface area contributed by atoms with Gasteiger partial charge in [0.05, 0.1) is 10.0 Å². The topological polar surface area (TPSA) is 12.0 Å². The summed E-state index contributed by atoms with van der Waals surface area (Å²) in [5.41, 5.74) is 1.16. The van der Waals surface area contributed by atoms with Crippen molar-refractivity contribution in [1.82, 2.24) is 5.32 Å². The second-order valence-electron chi connectivity index (χ2n) is 3.72. The number of rotatable bonds is 3. The summed E-state index contributed by atoms with van der Waals surface area (Å²) in [5.74, 6) is 0. The van der Waals surface area contributed by atoms with Gasteiger partial charge in [-0.15, -0.1) is 0 Å². The summed E-state index contributed by atoms with van der Waals surface area (Å²) >= 11 is 11.8. The fourth-order valence-corrected chi connectivity index (χ4v) is 1.68. The van der Waals surface area contributed by atoms with Crippen molar-refractivity contribution in [3.05, 3.63) is 33.8 Å². The van der Waals surface area contributed by atoms with Crippen molar-refractivity contribution >= 4 is 23.2 Å². The summed E-state index contributed by atoms with van der Waals surface area (Å²) in [6.07, 6.45) is 0. The van der Waals surface area contributed by atoms with E-state index in [0.717, 1.165) is 5.56 Å². The van der Waals surface area contributed by atoms with E-state index in [-0.39, 0.29) is 0 Å². The van der Waals surface area contributed by atoms with Crippen LogP contribution < -0.4 is 5.32 Å². The highest BCUT2D eigenvalue weighted by atomic mass is 35.5. The third kappa shape index (κ3) is 3.16. The van der Waals surface area contributed by atoms with E-state index in [4.69, 9.17) is 23.2 Å². The number of hydrogen-bond donors (Lipinski definition) is 1. The molecule has 14 heavy (non-hydrogen) atoms. The number of nitrogens with one attached hydrogen (secondary N) is 1. The first-order chi connectivity index (χ1) is 6.50. The quantitative estimate of drug-likeness (QED) is 0.828. The van der Waals surface area contributed by atoms with Crippen LogP contribution in [0, 0.1) is 0 Å². The summed E-state index contributed by atoms with van der Waals surface area (Å²) in [7, 11) is 0. The zero-order valence-corrected chi connectivity index (χ0v) is 10.2. The second-order valence-corrected chi connectivity index (χ2v) is 4.53. The van der Waals surface area contributed by atoms with Gasteiger partial charge in [0, 0.05) is 12.1 Å². The molecule has 0 bridgehead atoms. The molecule has 0 aliphatic rings. The number of halogens is 2. The van der Waals surface area contributed by atoms with E-state index >= 15 is 0 Å². The molecule has 1 atom stereocenters. The highest BCUT2D eigenvalue weighted by Crippen LogP contribution is 2.25. The van der Waals surface area contributed by atoms with Crippen LogP contribution in [0.25, 0.3) is 0 Å². The monoisotopic (exact) mass is 231 g/mol. The van der Waals surface area contributed by atoms with Crippen LogP contribution in [0.4, 0.5) is 0 Å². The maximum Gasteiger partial charge on any atom is 0.0595 e. The first-order valence-electron chi connectivity index (χ1n) is 4.71. The van der Waals surface area contributed by atoms with Crippen LogP contribution in [0.3, 0.4) is 0 Å². The van der Waals surface area contributed by atoms with Gasteiger partial charge in [0.1, 0.15) is 0 Å². The van der Waals surface area contributed by atoms with Gasteiger partial charge in [-0.1, -0.05) is 43.1 Å². The molecule has 1 aromatic rings. The molecule has 0 fully saturated rings. The fourth-order valence-electron chi connectivity index (χ4n) is 1.38. The largest absolute Gasteiger partial charge is 0.308 e. The molecule has 0 radical (unpaired) electrons. The molecule has 0 aliphatic carbocycles. The molecular weight excluding hydrogens is 217 g/mol. The molecule has 0 saturated heterocycles. The van der Waals surface area contributed by atoms with E-state index in [0.29, 0.717) is 22.1 Å². The molecule has 78 valence electrons. The standard InChI is InChI=1S/C11H15Cl2N/c1-7(2)14-8(3)9-4-5-10(12)11(13)6-9/h4-8,14H,1-3H3. The second kappa shape index (κ2) is 5.01. The predicted molar refractivity (Wildman–Crippen MR) is 63.1 cm³/mol. The smallest absolute Gasteiger partial charge is 0.0595 e. The highest BCUT2D eigenvalue weighted by molar-refractivity contribution is 6.42. The molecule has 1 rings (SSSR count). The molecule has 0 saturated carbocycles. The Hall–Kier alpha value is -0.240. The maximum absolute atomic E-state index is 5.93. The van der Waals surface area contributed by atoms with Gasteiger partial charge in [-0.2, -0.15) is 0 Å². The van der Waals surface area contributed by atoms with Crippen molar-refractivity contribution < 1.29 is 0 Å². The molecule has 0 amide bonds. The molecule has 0 aromatic heterocycles. The minimum Gasteiger partial charge on any atom is -0.308 e. The Morgan fingerprint density at radius 3 is 2.21 bits per heavy atom. The van der Waals surface area contributed by atoms with E-state index < -0.39 is 0 Å². The van der Waals surface area contributed by atoms with Gasteiger partial charge < -0.3 is 5.32 Å². The van der Waals surface area contributed by atoms with E-state index in [9.17, 15) is 0 Å². The van der Waals surface area contributed by atoms with Crippen LogP contribution in [0.5, 0.6) is 0 Å². The number of benzene rings is 1. The van der Waals surface area contributed by atoms with Crippen LogP contribution >= 0.6 is 23.2 Å². The average Bonchev–Trinajstić information content (AvgIpc) is 2.08. The molecule has 0 heterocycles. The zero-order valence-electron chi connectivity index (χ0n) is 8.64. The van der Waals surface area contributed by atoms with Crippen molar-refractivity contribution in [3.8, 4) is 0 Å². The van der Waals surface area contributed by atoms with Gasteiger partial charge in [0.25, 0.3) is 0 Å². The van der Waals surface area contributed by atoms with Crippen molar-refractivity contribution in [2.45, 2.75) is 32.9 Å². The molecule has 1 nitrogen and oxygen atoms in total. The van der Waals surface area contributed by atoms with Crippen LogP contribution in [0.2, 0.25) is 10.0 Å². The first-order valence-corrected chi connectivity index (χ1v) is 5.47. The predicted octanol–water partition coefficient (Wildman–Crippen LogP) is 4.05. The molecule has 0 spiro atoms. The molecule has 1 N–H and O–H groups in total. The minimum absolute atomic E-state index is 0.296. The lowest BCUT2D eigenvalue weighted by Crippen LogP contribution is -2.25. The average molecular weight is 232 g/mol. The van der Waals surface area contributed by atoms with E-state index in [1.165, 1.54) is 0 Å². The van der Waals surface area contributed by atoms with Gasteiger partial charge in [-0.25, -0.2) is 0 Å². The summed E-state index contributed by atoms with van der Waals surface area (Å²) in [5, 5.41) is 4.62. The normalized spacial score (nSPS) is 13.3. The van der Waals surface area contributed by atoms with Gasteiger partial charge in [-0.3, -0.25) is 0 Å². The SMILES string of the molecule is CC(C)NC(C)c1ccc(Cl)c(Cl)c1. The zero-order chi connectivity index (χ0) is 10.7. The lowest BCUT2D eigenvalue weighted by Gasteiger charge is -2.17. The van der Waals surface area contributed by atoms with E-state index in [1.807, 2.05) is 18.2 Å². The third-order valence-electron chi connectivity index (χ3n) is 2.03. The molecular formula is C11H15Cl2N. The summed E-state index contributed by atoms with van der Waals surface area (Å²) in [6, 6.07) is 6.49. The highest BCUT2D eigenvalue weighted by Gasteiger charge is 2.07. The molecule has 0 aliphatic heterocycles. The Labute approximate surface area is 95.4 Å². The van der Waals surface area contributed by atoms with Gasteiger partial charge >= 0.3 is 0 Å². The van der Waals surface area contributed by atoms with Gasteiger partial charge in [0.2, 0.25) is 0 Å². The van der Waals surface area contributed by atoms with Crippen LogP contribution in [-0.2, 0) is 0 Å². The van der Waals surface area contributed by atoms with Crippen molar-refractivity contribution in [2.75, 3.05) is 0 Å². The summed E-state index contributed by atoms with van der Waals surface area (Å²) < 4.78 is 0. The Morgan fingerprint density at radius 1 is 1.07 bits per heavy atom. The van der Waals surface area contributed by atoms with Crippen molar-refractivity contribution in [3.63, 3.8) is 0 Å². The molecule has 1 aromatic carbocycles. The van der Waals surface area contributed by atoms with Crippen LogP contribution in [0.15, 0.2) is 18.2 Å². The molecule has 1 unspecified atom stereocenters. The first kappa shape index (κ1) is 11.8. The lowest BCUT2D eigenvalue weighted by atomic mass is 10.1. The minimum atomic E-state index is 0.296. The van der Waals surface area contributed by atoms with E-state index in [2.05, 4.69) is 26.1 Å². The van der Waals surface area contributed by atoms with Crippen molar-refractivity contribution in [2.24, 2.45) is 0 Å². The maximum atomic E-state index is 5.93. The fraction of sp³-hybridized carbons (Fsp3) is 0.455. The van der Waals surface area contributed by atoms with Gasteiger partial charge in [-0.05, 0) is 24.6 Å². The Bertz CT molecular complexity index is 310. The van der Waals surface area contributed by atoms with Crippen molar-refractivity contribution in [1.29, 1.82) is 0 Å². The Kier molecular flexibility index (Phi) is 4.24. The summed E-state index contributed by atoms with van der Waals surface area (Å²) in [6.45, 7) is 6.35. The van der Waals surface area contributed by atoms with Crippen LogP contribution in [-0.4, -0.2) is 6.04 Å². The Morgan fingerprint density at radius 2 is 1.71 bits per heavy atom. The van der Waals surface area contributed by atoms with Crippen LogP contribution in [0.1, 0.15) is 32.4 Å². The van der Waals surface area contributed by atoms with E-state index in [1.54, 1.807) is 0 Å². The lowest BCUT2D eigenvalue weighted by molar-refractivity contribution is 0.506.